The molecule has 1 aromatic carbocycles. The number of para-hydroxylation sites is 1. The second kappa shape index (κ2) is 5.60. The van der Waals surface area contributed by atoms with E-state index in [4.69, 9.17) is 11.6 Å². The van der Waals surface area contributed by atoms with Gasteiger partial charge in [0.25, 0.3) is 5.78 Å². The Morgan fingerprint density at radius 1 is 1.19 bits per heavy atom. The second-order valence-electron chi connectivity index (χ2n) is 4.94. The van der Waals surface area contributed by atoms with Gasteiger partial charge in [-0.2, -0.15) is 0 Å². The van der Waals surface area contributed by atoms with Crippen molar-refractivity contribution in [2.75, 3.05) is 18.6 Å². The van der Waals surface area contributed by atoms with Crippen molar-refractivity contribution in [1.29, 1.82) is 0 Å². The zero-order valence-electron chi connectivity index (χ0n) is 11.4. The third kappa shape index (κ3) is 2.72. The molecule has 108 valence electrons. The van der Waals surface area contributed by atoms with Crippen molar-refractivity contribution in [3.63, 3.8) is 0 Å². The first-order chi connectivity index (χ1) is 10.1. The van der Waals surface area contributed by atoms with E-state index in [0.717, 1.165) is 9.21 Å². The van der Waals surface area contributed by atoms with Gasteiger partial charge in [0.1, 0.15) is 0 Å². The Kier molecular flexibility index (Phi) is 3.80. The van der Waals surface area contributed by atoms with E-state index in [9.17, 15) is 9.59 Å². The van der Waals surface area contributed by atoms with Crippen LogP contribution in [-0.4, -0.2) is 30.3 Å². The summed E-state index contributed by atoms with van der Waals surface area (Å²) >= 11 is 7.43. The average molecular weight is 321 g/mol. The fourth-order valence-corrected chi connectivity index (χ4v) is 3.55. The van der Waals surface area contributed by atoms with Gasteiger partial charge in [-0.3, -0.25) is 19.4 Å². The van der Waals surface area contributed by atoms with Gasteiger partial charge in [-0.25, -0.2) is 0 Å². The molecule has 6 heteroatoms. The predicted molar refractivity (Wildman–Crippen MR) is 83.9 cm³/mol. The molecule has 0 spiro atoms. The van der Waals surface area contributed by atoms with Crippen LogP contribution in [0.15, 0.2) is 36.4 Å². The number of hydrogen-bond acceptors (Lipinski definition) is 4. The number of hydrogen-bond donors (Lipinski definition) is 0. The highest BCUT2D eigenvalue weighted by Crippen LogP contribution is 2.29. The molecule has 2 aromatic rings. The van der Waals surface area contributed by atoms with Crippen molar-refractivity contribution in [3.8, 4) is 0 Å². The fourth-order valence-electron chi connectivity index (χ4n) is 2.38. The molecule has 0 fully saturated rings. The van der Waals surface area contributed by atoms with Crippen LogP contribution in [0.2, 0.25) is 4.34 Å². The number of carbonyl (C=O) groups excluding carboxylic acids is 2. The molecule has 0 bridgehead atoms. The molecule has 3 rings (SSSR count). The lowest BCUT2D eigenvalue weighted by molar-refractivity contribution is -0.114. The molecule has 1 amide bonds. The van der Waals surface area contributed by atoms with Crippen LogP contribution in [0.3, 0.4) is 0 Å². The molecular formula is C15H13ClN2O2S. The lowest BCUT2D eigenvalue weighted by atomic mass is 10.1. The predicted octanol–water partition coefficient (Wildman–Crippen LogP) is 3.02. The molecule has 0 atom stereocenters. The molecule has 0 aliphatic carbocycles. The number of fused-ring (bicyclic) bond motifs is 1. The lowest BCUT2D eigenvalue weighted by Crippen LogP contribution is -2.38. The van der Waals surface area contributed by atoms with E-state index < -0.39 is 11.7 Å². The summed E-state index contributed by atoms with van der Waals surface area (Å²) in [5, 5.41) is 0. The van der Waals surface area contributed by atoms with Crippen LogP contribution in [0.5, 0.6) is 0 Å². The fraction of sp³-hybridized carbons (Fsp3) is 0.200. The third-order valence-corrected chi connectivity index (χ3v) is 4.53. The first kappa shape index (κ1) is 14.3. The molecule has 1 aromatic heterocycles. The number of anilines is 1. The third-order valence-electron chi connectivity index (χ3n) is 3.32. The monoisotopic (exact) mass is 320 g/mol. The van der Waals surface area contributed by atoms with E-state index in [-0.39, 0.29) is 0 Å². The number of benzene rings is 1. The average Bonchev–Trinajstić information content (AvgIpc) is 2.97. The van der Waals surface area contributed by atoms with Crippen LogP contribution in [0.25, 0.3) is 0 Å². The van der Waals surface area contributed by atoms with Gasteiger partial charge in [0.15, 0.2) is 0 Å². The van der Waals surface area contributed by atoms with Crippen LogP contribution in [0.4, 0.5) is 5.69 Å². The van der Waals surface area contributed by atoms with Crippen LogP contribution in [0.1, 0.15) is 15.2 Å². The largest absolute Gasteiger partial charge is 0.300 e. The molecular weight excluding hydrogens is 308 g/mol. The number of rotatable bonds is 4. The van der Waals surface area contributed by atoms with Gasteiger partial charge in [0.05, 0.1) is 22.3 Å². The first-order valence-corrected chi connectivity index (χ1v) is 7.63. The van der Waals surface area contributed by atoms with E-state index in [0.29, 0.717) is 24.5 Å². The maximum Gasteiger partial charge on any atom is 0.300 e. The van der Waals surface area contributed by atoms with Crippen LogP contribution < -0.4 is 4.90 Å². The highest BCUT2D eigenvalue weighted by Gasteiger charge is 2.35. The molecule has 0 radical (unpaired) electrons. The number of carbonyl (C=O) groups is 2. The summed E-state index contributed by atoms with van der Waals surface area (Å²) < 4.78 is 0.746. The molecule has 0 saturated carbocycles. The maximum absolute atomic E-state index is 12.1. The lowest BCUT2D eigenvalue weighted by Gasteiger charge is -2.23. The van der Waals surface area contributed by atoms with Gasteiger partial charge in [-0.05, 0) is 31.3 Å². The van der Waals surface area contributed by atoms with Crippen molar-refractivity contribution in [1.82, 2.24) is 4.90 Å². The molecule has 4 nitrogen and oxygen atoms in total. The van der Waals surface area contributed by atoms with E-state index in [1.165, 1.54) is 16.2 Å². The molecule has 1 aliphatic rings. The SMILES string of the molecule is CN(Cc1ccc(Cl)s1)CN1C(=O)C(=O)c2ccccc21. The zero-order valence-corrected chi connectivity index (χ0v) is 12.9. The van der Waals surface area contributed by atoms with Gasteiger partial charge >= 0.3 is 5.91 Å². The number of amides is 1. The molecule has 2 heterocycles. The van der Waals surface area contributed by atoms with Crippen molar-refractivity contribution in [2.45, 2.75) is 6.54 Å². The van der Waals surface area contributed by atoms with Gasteiger partial charge in [-0.15, -0.1) is 11.3 Å². The molecule has 0 N–H and O–H groups in total. The van der Waals surface area contributed by atoms with Crippen LogP contribution in [-0.2, 0) is 11.3 Å². The Morgan fingerprint density at radius 3 is 2.67 bits per heavy atom. The van der Waals surface area contributed by atoms with E-state index >= 15 is 0 Å². The van der Waals surface area contributed by atoms with E-state index in [1.54, 1.807) is 18.2 Å². The number of nitrogens with zero attached hydrogens (tertiary/aromatic N) is 2. The molecule has 1 aliphatic heterocycles. The highest BCUT2D eigenvalue weighted by molar-refractivity contribution is 7.16. The smallest absolute Gasteiger partial charge is 0.291 e. The van der Waals surface area contributed by atoms with Gasteiger partial charge in [0, 0.05) is 11.4 Å². The summed E-state index contributed by atoms with van der Waals surface area (Å²) in [7, 11) is 1.91. The Morgan fingerprint density at radius 2 is 1.95 bits per heavy atom. The summed E-state index contributed by atoms with van der Waals surface area (Å²) in [4.78, 5) is 28.6. The van der Waals surface area contributed by atoms with Crippen molar-refractivity contribution >= 4 is 40.3 Å². The standard InChI is InChI=1S/C15H13ClN2O2S/c1-17(8-10-6-7-13(16)21-10)9-18-12-5-3-2-4-11(12)14(19)15(18)20/h2-7H,8-9H2,1H3. The molecule has 0 unspecified atom stereocenters. The summed E-state index contributed by atoms with van der Waals surface area (Å²) in [5.74, 6) is -0.898. The minimum absolute atomic E-state index is 0.372. The van der Waals surface area contributed by atoms with Crippen molar-refractivity contribution in [3.05, 3.63) is 51.2 Å². The minimum Gasteiger partial charge on any atom is -0.291 e. The summed E-state index contributed by atoms with van der Waals surface area (Å²) in [6.45, 7) is 1.05. The summed E-state index contributed by atoms with van der Waals surface area (Å²) in [5.41, 5.74) is 1.17. The van der Waals surface area contributed by atoms with Crippen LogP contribution in [0, 0.1) is 0 Å². The molecule has 21 heavy (non-hydrogen) atoms. The summed E-state index contributed by atoms with van der Waals surface area (Å²) in [6, 6.07) is 10.9. The summed E-state index contributed by atoms with van der Waals surface area (Å²) in [6.07, 6.45) is 0. The van der Waals surface area contributed by atoms with E-state index in [2.05, 4.69) is 0 Å². The van der Waals surface area contributed by atoms with Crippen LogP contribution >= 0.6 is 22.9 Å². The topological polar surface area (TPSA) is 40.6 Å². The normalized spacial score (nSPS) is 14.1. The molecule has 0 saturated heterocycles. The quantitative estimate of drug-likeness (QED) is 0.813. The van der Waals surface area contributed by atoms with Gasteiger partial charge in [0.2, 0.25) is 0 Å². The maximum atomic E-state index is 12.1. The van der Waals surface area contributed by atoms with Crippen molar-refractivity contribution < 1.29 is 9.59 Å². The van der Waals surface area contributed by atoms with Crippen molar-refractivity contribution in [2.24, 2.45) is 0 Å². The Hall–Kier alpha value is -1.69. The van der Waals surface area contributed by atoms with Gasteiger partial charge in [-0.1, -0.05) is 23.7 Å². The highest BCUT2D eigenvalue weighted by atomic mass is 35.5. The zero-order chi connectivity index (χ0) is 15.0. The first-order valence-electron chi connectivity index (χ1n) is 6.44. The Bertz CT molecular complexity index is 713. The number of Topliss-reactive ketones (excluding diaryl/α,β-unsaturated/α-hetero) is 1. The minimum atomic E-state index is -0.465. The Balaban J connectivity index is 1.75. The van der Waals surface area contributed by atoms with Gasteiger partial charge < -0.3 is 0 Å². The number of halogens is 1. The Labute approximate surface area is 131 Å². The van der Waals surface area contributed by atoms with E-state index in [1.807, 2.05) is 30.1 Å². The number of thiophene rings is 1. The second-order valence-corrected chi connectivity index (χ2v) is 6.74. The number of ketones is 1.